The van der Waals surface area contributed by atoms with Gasteiger partial charge in [-0.1, -0.05) is 71.5 Å². The summed E-state index contributed by atoms with van der Waals surface area (Å²) in [4.78, 5) is 9.83. The fourth-order valence-corrected chi connectivity index (χ4v) is 5.06. The van der Waals surface area contributed by atoms with Crippen molar-refractivity contribution in [3.63, 3.8) is 0 Å². The van der Waals surface area contributed by atoms with Crippen molar-refractivity contribution in [1.82, 2.24) is 0 Å². The zero-order valence-corrected chi connectivity index (χ0v) is 21.6. The number of phosphoric ester groups is 1. The number of unbranched alkanes of at least 4 members (excludes halogenated alkanes) is 2. The normalized spacial score (nSPS) is 23.7. The minimum absolute atomic E-state index is 0.00817. The molecule has 31 heavy (non-hydrogen) atoms. The molecule has 1 radical (unpaired) electrons. The first-order valence-corrected chi connectivity index (χ1v) is 14.0. The Bertz CT molecular complexity index is 496. The van der Waals surface area contributed by atoms with Crippen molar-refractivity contribution in [3.05, 3.63) is 0 Å². The van der Waals surface area contributed by atoms with E-state index >= 15 is 0 Å². The van der Waals surface area contributed by atoms with E-state index in [9.17, 15) is 9.46 Å². The summed E-state index contributed by atoms with van der Waals surface area (Å²) in [6, 6.07) is -0.00817. The van der Waals surface area contributed by atoms with Crippen LogP contribution in [0, 0.1) is 5.92 Å². The standard InChI is InChI=1S/C23H47BO6P/c1-7-9-12-20(13-10-8-2)14-11-15-24-23-16-21(28-18(3)4)22(29-23)17-27-31(25,26)30-19(5)6/h18-23H,7-17H2,1-6H3,(H,25,26)/t21?,22-,23-/m1/s1. The molecular formula is C23H47BO6P. The van der Waals surface area contributed by atoms with E-state index < -0.39 is 7.82 Å². The van der Waals surface area contributed by atoms with E-state index in [1.54, 1.807) is 13.8 Å². The lowest BCUT2D eigenvalue weighted by Gasteiger charge is -2.22. The summed E-state index contributed by atoms with van der Waals surface area (Å²) in [5.74, 6) is 0.843. The maximum atomic E-state index is 12.0. The van der Waals surface area contributed by atoms with Crippen LogP contribution >= 0.6 is 7.82 Å². The van der Waals surface area contributed by atoms with Crippen molar-refractivity contribution in [2.45, 2.75) is 136 Å². The zero-order valence-electron chi connectivity index (χ0n) is 20.8. The molecule has 0 aromatic rings. The quantitative estimate of drug-likeness (QED) is 0.146. The molecule has 0 saturated carbocycles. The largest absolute Gasteiger partial charge is 0.472 e. The van der Waals surface area contributed by atoms with Crippen molar-refractivity contribution in [3.8, 4) is 0 Å². The van der Waals surface area contributed by atoms with Crippen molar-refractivity contribution in [2.75, 3.05) is 6.61 Å². The minimum Gasteiger partial charge on any atom is -0.379 e. The topological polar surface area (TPSA) is 74.2 Å². The molecule has 1 aliphatic rings. The molecular weight excluding hydrogens is 414 g/mol. The van der Waals surface area contributed by atoms with Gasteiger partial charge >= 0.3 is 7.82 Å². The van der Waals surface area contributed by atoms with Gasteiger partial charge < -0.3 is 14.4 Å². The Hall–Kier alpha value is 0.0949. The van der Waals surface area contributed by atoms with Gasteiger partial charge in [-0.2, -0.15) is 0 Å². The summed E-state index contributed by atoms with van der Waals surface area (Å²) in [7, 11) is -1.84. The molecule has 0 aromatic carbocycles. The Morgan fingerprint density at radius 1 is 1.03 bits per heavy atom. The van der Waals surface area contributed by atoms with Gasteiger partial charge in [0.1, 0.15) is 13.4 Å². The van der Waals surface area contributed by atoms with E-state index in [2.05, 4.69) is 21.1 Å². The lowest BCUT2D eigenvalue weighted by molar-refractivity contribution is -0.0590. The Balaban J connectivity index is 2.46. The second-order valence-electron chi connectivity index (χ2n) is 9.41. The van der Waals surface area contributed by atoms with Gasteiger partial charge in [-0.15, -0.1) is 0 Å². The zero-order chi connectivity index (χ0) is 23.3. The van der Waals surface area contributed by atoms with Gasteiger partial charge in [0, 0.05) is 6.00 Å². The van der Waals surface area contributed by atoms with E-state index in [-0.39, 0.29) is 37.0 Å². The first kappa shape index (κ1) is 29.1. The molecule has 2 unspecified atom stereocenters. The van der Waals surface area contributed by atoms with E-state index in [0.29, 0.717) is 0 Å². The first-order chi connectivity index (χ1) is 14.7. The Kier molecular flexibility index (Phi) is 14.9. The molecule has 6 nitrogen and oxygen atoms in total. The van der Waals surface area contributed by atoms with Crippen LogP contribution in [0.15, 0.2) is 0 Å². The molecule has 0 aliphatic carbocycles. The monoisotopic (exact) mass is 461 g/mol. The first-order valence-electron chi connectivity index (χ1n) is 12.5. The molecule has 4 atom stereocenters. The lowest BCUT2D eigenvalue weighted by atomic mass is 9.65. The van der Waals surface area contributed by atoms with Gasteiger partial charge in [0.25, 0.3) is 0 Å². The Labute approximate surface area is 192 Å². The molecule has 1 rings (SSSR count). The molecule has 8 heteroatoms. The predicted octanol–water partition coefficient (Wildman–Crippen LogP) is 6.34. The SMILES string of the molecule is CCCCC(CCCC)CCC[B][C@H]1CC(OC(C)C)[C@@H](COP(=O)(O)OC(C)C)O1. The third kappa shape index (κ3) is 13.4. The molecule has 0 aromatic heterocycles. The molecule has 183 valence electrons. The third-order valence-electron chi connectivity index (χ3n) is 5.60. The summed E-state index contributed by atoms with van der Waals surface area (Å²) in [5.41, 5.74) is 0. The molecule has 1 saturated heterocycles. The van der Waals surface area contributed by atoms with Crippen LogP contribution in [0.4, 0.5) is 0 Å². The maximum absolute atomic E-state index is 12.0. The predicted molar refractivity (Wildman–Crippen MR) is 128 cm³/mol. The second kappa shape index (κ2) is 15.8. The minimum atomic E-state index is -4.08. The molecule has 1 aliphatic heterocycles. The van der Waals surface area contributed by atoms with Crippen LogP contribution in [0.5, 0.6) is 0 Å². The van der Waals surface area contributed by atoms with Gasteiger partial charge in [-0.05, 0) is 40.0 Å². The highest BCUT2D eigenvalue weighted by molar-refractivity contribution is 7.47. The summed E-state index contributed by atoms with van der Waals surface area (Å²) in [6.45, 7) is 11.9. The molecule has 0 bridgehead atoms. The van der Waals surface area contributed by atoms with Crippen molar-refractivity contribution < 1.29 is 28.0 Å². The average molecular weight is 461 g/mol. The number of hydrogen-bond donors (Lipinski definition) is 1. The summed E-state index contributed by atoms with van der Waals surface area (Å²) < 4.78 is 34.3. The van der Waals surface area contributed by atoms with E-state index in [0.717, 1.165) is 18.7 Å². The summed E-state index contributed by atoms with van der Waals surface area (Å²) >= 11 is 0. The smallest absolute Gasteiger partial charge is 0.379 e. The third-order valence-corrected chi connectivity index (χ3v) is 6.76. The van der Waals surface area contributed by atoms with Crippen molar-refractivity contribution in [2.24, 2.45) is 5.92 Å². The van der Waals surface area contributed by atoms with Gasteiger partial charge in [-0.3, -0.25) is 9.05 Å². The molecule has 0 amide bonds. The highest BCUT2D eigenvalue weighted by Crippen LogP contribution is 2.45. The fraction of sp³-hybridized carbons (Fsp3) is 1.00. The van der Waals surface area contributed by atoms with Crippen LogP contribution in [0.3, 0.4) is 0 Å². The summed E-state index contributed by atoms with van der Waals surface area (Å²) in [6.07, 6.45) is 11.3. The van der Waals surface area contributed by atoms with E-state index in [1.807, 2.05) is 13.8 Å². The van der Waals surface area contributed by atoms with Crippen LogP contribution in [-0.4, -0.2) is 49.2 Å². The van der Waals surface area contributed by atoms with E-state index in [4.69, 9.17) is 18.5 Å². The average Bonchev–Trinajstić information content (AvgIpc) is 3.05. The van der Waals surface area contributed by atoms with Crippen LogP contribution in [0.2, 0.25) is 6.32 Å². The lowest BCUT2D eigenvalue weighted by Crippen LogP contribution is -2.31. The molecule has 1 N–H and O–H groups in total. The Morgan fingerprint density at radius 3 is 2.19 bits per heavy atom. The Morgan fingerprint density at radius 2 is 1.65 bits per heavy atom. The highest BCUT2D eigenvalue weighted by atomic mass is 31.2. The van der Waals surface area contributed by atoms with Crippen molar-refractivity contribution in [1.29, 1.82) is 0 Å². The van der Waals surface area contributed by atoms with Gasteiger partial charge in [-0.25, -0.2) is 4.57 Å². The molecule has 0 spiro atoms. The fourth-order valence-electron chi connectivity index (χ4n) is 4.13. The second-order valence-corrected chi connectivity index (χ2v) is 10.8. The van der Waals surface area contributed by atoms with Crippen molar-refractivity contribution >= 4 is 15.1 Å². The molecule has 1 heterocycles. The van der Waals surface area contributed by atoms with Crippen LogP contribution in [-0.2, 0) is 23.1 Å². The van der Waals surface area contributed by atoms with Gasteiger partial charge in [0.15, 0.2) is 0 Å². The number of phosphoric acid groups is 1. The summed E-state index contributed by atoms with van der Waals surface area (Å²) in [5, 5.41) is 0. The maximum Gasteiger partial charge on any atom is 0.472 e. The van der Waals surface area contributed by atoms with E-state index in [1.165, 1.54) is 51.4 Å². The van der Waals surface area contributed by atoms with Gasteiger partial charge in [0.2, 0.25) is 0 Å². The number of rotatable bonds is 18. The number of ether oxygens (including phenoxy) is 2. The highest BCUT2D eigenvalue weighted by Gasteiger charge is 2.38. The van der Waals surface area contributed by atoms with Crippen LogP contribution in [0.25, 0.3) is 0 Å². The van der Waals surface area contributed by atoms with Crippen LogP contribution in [0.1, 0.15) is 99.3 Å². The van der Waals surface area contributed by atoms with Crippen LogP contribution < -0.4 is 0 Å². The number of hydrogen-bond acceptors (Lipinski definition) is 5. The van der Waals surface area contributed by atoms with Gasteiger partial charge in [0.05, 0.1) is 24.9 Å². The molecule has 1 fully saturated rings.